The Hall–Kier alpha value is -3.15. The number of nitrogens with zero attached hydrogens (tertiary/aromatic N) is 3. The summed E-state index contributed by atoms with van der Waals surface area (Å²) in [6.07, 6.45) is 4.40. The molecular formula is C19H18N4O2. The first-order chi connectivity index (χ1) is 12.2. The maximum atomic E-state index is 11.8. The smallest absolute Gasteiger partial charge is 0.249 e. The summed E-state index contributed by atoms with van der Waals surface area (Å²) in [7, 11) is 0. The monoisotopic (exact) mass is 334 g/mol. The third-order valence-corrected chi connectivity index (χ3v) is 4.39. The minimum Gasteiger partial charge on any atom is -0.488 e. The molecule has 0 aliphatic carbocycles. The lowest BCUT2D eigenvalue weighted by atomic mass is 10.1. The van der Waals surface area contributed by atoms with Gasteiger partial charge in [-0.3, -0.25) is 9.78 Å². The van der Waals surface area contributed by atoms with Crippen LogP contribution in [0.5, 0.6) is 5.75 Å². The zero-order valence-corrected chi connectivity index (χ0v) is 13.6. The fourth-order valence-electron chi connectivity index (χ4n) is 3.17. The highest BCUT2D eigenvalue weighted by atomic mass is 16.5. The van der Waals surface area contributed by atoms with E-state index in [0.29, 0.717) is 12.1 Å². The van der Waals surface area contributed by atoms with Crippen molar-refractivity contribution in [1.29, 1.82) is 0 Å². The molecule has 1 amide bonds. The SMILES string of the molecule is NC(=O)c1cc(N2CC[C@H](Oc3ccncc3)C2)nc2ccccc12. The summed E-state index contributed by atoms with van der Waals surface area (Å²) in [5, 5.41) is 0.780. The molecule has 1 saturated heterocycles. The molecule has 126 valence electrons. The molecule has 6 heteroatoms. The normalized spacial score (nSPS) is 17.0. The summed E-state index contributed by atoms with van der Waals surface area (Å²) < 4.78 is 5.99. The Balaban J connectivity index is 1.59. The molecule has 0 bridgehead atoms. The van der Waals surface area contributed by atoms with E-state index in [-0.39, 0.29) is 6.10 Å². The molecule has 6 nitrogen and oxygen atoms in total. The van der Waals surface area contributed by atoms with Gasteiger partial charge in [0.2, 0.25) is 5.91 Å². The molecule has 1 aliphatic heterocycles. The second-order valence-corrected chi connectivity index (χ2v) is 6.07. The highest BCUT2D eigenvalue weighted by Gasteiger charge is 2.26. The second-order valence-electron chi connectivity index (χ2n) is 6.07. The zero-order valence-electron chi connectivity index (χ0n) is 13.6. The van der Waals surface area contributed by atoms with Crippen LogP contribution in [0.2, 0.25) is 0 Å². The van der Waals surface area contributed by atoms with Crippen LogP contribution in [0.3, 0.4) is 0 Å². The Kier molecular flexibility index (Phi) is 3.93. The lowest BCUT2D eigenvalue weighted by molar-refractivity contribution is 0.100. The van der Waals surface area contributed by atoms with Crippen LogP contribution >= 0.6 is 0 Å². The predicted octanol–water partition coefficient (Wildman–Crippen LogP) is 2.39. The number of pyridine rings is 2. The Morgan fingerprint density at radius 1 is 1.20 bits per heavy atom. The number of aromatic nitrogens is 2. The van der Waals surface area contributed by atoms with Crippen LogP contribution in [0.4, 0.5) is 5.82 Å². The van der Waals surface area contributed by atoms with Gasteiger partial charge in [0.05, 0.1) is 17.6 Å². The van der Waals surface area contributed by atoms with Crippen molar-refractivity contribution in [2.45, 2.75) is 12.5 Å². The van der Waals surface area contributed by atoms with Crippen LogP contribution in [0.1, 0.15) is 16.8 Å². The van der Waals surface area contributed by atoms with E-state index < -0.39 is 5.91 Å². The molecule has 0 unspecified atom stereocenters. The van der Waals surface area contributed by atoms with Crippen molar-refractivity contribution >= 4 is 22.6 Å². The van der Waals surface area contributed by atoms with Crippen LogP contribution < -0.4 is 15.4 Å². The average Bonchev–Trinajstić information content (AvgIpc) is 3.10. The standard InChI is InChI=1S/C19H18N4O2/c20-19(24)16-11-18(22-17-4-2-1-3-15(16)17)23-10-7-14(12-23)25-13-5-8-21-9-6-13/h1-6,8-9,11,14H,7,10,12H2,(H2,20,24)/t14-/m0/s1. The Bertz CT molecular complexity index is 914. The number of anilines is 1. The van der Waals surface area contributed by atoms with Crippen molar-refractivity contribution in [3.8, 4) is 5.75 Å². The Labute approximate surface area is 145 Å². The van der Waals surface area contributed by atoms with Crippen LogP contribution in [0.15, 0.2) is 54.9 Å². The molecule has 1 aromatic carbocycles. The van der Waals surface area contributed by atoms with E-state index >= 15 is 0 Å². The van der Waals surface area contributed by atoms with Gasteiger partial charge in [-0.25, -0.2) is 4.98 Å². The summed E-state index contributed by atoms with van der Waals surface area (Å²) >= 11 is 0. The minimum absolute atomic E-state index is 0.0766. The van der Waals surface area contributed by atoms with Gasteiger partial charge in [0.1, 0.15) is 17.7 Å². The number of para-hydroxylation sites is 1. The number of nitrogens with two attached hydrogens (primary N) is 1. The zero-order chi connectivity index (χ0) is 17.2. The van der Waals surface area contributed by atoms with Crippen molar-refractivity contribution in [3.63, 3.8) is 0 Å². The van der Waals surface area contributed by atoms with Crippen molar-refractivity contribution in [3.05, 3.63) is 60.4 Å². The highest BCUT2D eigenvalue weighted by molar-refractivity contribution is 6.06. The maximum absolute atomic E-state index is 11.8. The van der Waals surface area contributed by atoms with Crippen molar-refractivity contribution < 1.29 is 9.53 Å². The molecule has 3 heterocycles. The first-order valence-electron chi connectivity index (χ1n) is 8.22. The number of hydrogen-bond acceptors (Lipinski definition) is 5. The van der Waals surface area contributed by atoms with E-state index in [2.05, 4.69) is 9.88 Å². The first-order valence-corrected chi connectivity index (χ1v) is 8.22. The van der Waals surface area contributed by atoms with E-state index in [9.17, 15) is 4.79 Å². The summed E-state index contributed by atoms with van der Waals surface area (Å²) in [6, 6.07) is 13.0. The van der Waals surface area contributed by atoms with Gasteiger partial charge in [-0.15, -0.1) is 0 Å². The topological polar surface area (TPSA) is 81.3 Å². The highest BCUT2D eigenvalue weighted by Crippen LogP contribution is 2.26. The van der Waals surface area contributed by atoms with Crippen molar-refractivity contribution in [2.75, 3.05) is 18.0 Å². The third kappa shape index (κ3) is 3.10. The van der Waals surface area contributed by atoms with Crippen LogP contribution in [0.25, 0.3) is 10.9 Å². The number of amides is 1. The van der Waals surface area contributed by atoms with Gasteiger partial charge in [-0.1, -0.05) is 18.2 Å². The van der Waals surface area contributed by atoms with E-state index in [0.717, 1.165) is 35.4 Å². The van der Waals surface area contributed by atoms with Gasteiger partial charge in [0.15, 0.2) is 0 Å². The number of carbonyl (C=O) groups excluding carboxylic acids is 1. The van der Waals surface area contributed by atoms with E-state index in [1.165, 1.54) is 0 Å². The van der Waals surface area contributed by atoms with E-state index in [4.69, 9.17) is 15.5 Å². The van der Waals surface area contributed by atoms with Crippen molar-refractivity contribution in [2.24, 2.45) is 5.73 Å². The molecule has 0 radical (unpaired) electrons. The second kappa shape index (κ2) is 6.39. The van der Waals surface area contributed by atoms with Gasteiger partial charge in [-0.2, -0.15) is 0 Å². The van der Waals surface area contributed by atoms with E-state index in [1.54, 1.807) is 18.5 Å². The molecular weight excluding hydrogens is 316 g/mol. The summed E-state index contributed by atoms with van der Waals surface area (Å²) in [5.41, 5.74) is 6.83. The largest absolute Gasteiger partial charge is 0.488 e. The van der Waals surface area contributed by atoms with Gasteiger partial charge < -0.3 is 15.4 Å². The number of rotatable bonds is 4. The fourth-order valence-corrected chi connectivity index (χ4v) is 3.17. The Morgan fingerprint density at radius 2 is 2.00 bits per heavy atom. The van der Waals surface area contributed by atoms with E-state index in [1.807, 2.05) is 36.4 Å². The number of ether oxygens (including phenoxy) is 1. The summed E-state index contributed by atoms with van der Waals surface area (Å²) in [6.45, 7) is 1.53. The average molecular weight is 334 g/mol. The minimum atomic E-state index is -0.441. The van der Waals surface area contributed by atoms with Gasteiger partial charge in [0, 0.05) is 30.7 Å². The number of carbonyl (C=O) groups is 1. The first kappa shape index (κ1) is 15.4. The molecule has 1 fully saturated rings. The molecule has 4 rings (SSSR count). The Morgan fingerprint density at radius 3 is 2.80 bits per heavy atom. The summed E-state index contributed by atoms with van der Waals surface area (Å²) in [5.74, 6) is 1.13. The fraction of sp³-hybridized carbons (Fsp3) is 0.211. The van der Waals surface area contributed by atoms with Gasteiger partial charge in [-0.05, 0) is 24.3 Å². The van der Waals surface area contributed by atoms with Crippen LogP contribution in [-0.4, -0.2) is 35.1 Å². The summed E-state index contributed by atoms with van der Waals surface area (Å²) in [4.78, 5) is 22.7. The van der Waals surface area contributed by atoms with Gasteiger partial charge in [0.25, 0.3) is 0 Å². The number of fused-ring (bicyclic) bond motifs is 1. The molecule has 2 aromatic heterocycles. The molecule has 0 saturated carbocycles. The molecule has 2 N–H and O–H groups in total. The quantitative estimate of drug-likeness (QED) is 0.792. The van der Waals surface area contributed by atoms with Gasteiger partial charge >= 0.3 is 0 Å². The number of benzene rings is 1. The third-order valence-electron chi connectivity index (χ3n) is 4.39. The number of hydrogen-bond donors (Lipinski definition) is 1. The molecule has 0 spiro atoms. The lowest BCUT2D eigenvalue weighted by Gasteiger charge is -2.19. The molecule has 1 aliphatic rings. The number of primary amides is 1. The molecule has 25 heavy (non-hydrogen) atoms. The predicted molar refractivity (Wildman–Crippen MR) is 95.7 cm³/mol. The van der Waals surface area contributed by atoms with Crippen LogP contribution in [-0.2, 0) is 0 Å². The van der Waals surface area contributed by atoms with Crippen LogP contribution in [0, 0.1) is 0 Å². The molecule has 3 aromatic rings. The maximum Gasteiger partial charge on any atom is 0.249 e. The lowest BCUT2D eigenvalue weighted by Crippen LogP contribution is -2.26. The van der Waals surface area contributed by atoms with Crippen molar-refractivity contribution in [1.82, 2.24) is 9.97 Å². The molecule has 1 atom stereocenters.